The lowest BCUT2D eigenvalue weighted by atomic mass is 10.00. The summed E-state index contributed by atoms with van der Waals surface area (Å²) in [4.78, 5) is 14.6. The molecule has 0 aromatic heterocycles. The topological polar surface area (TPSA) is 81.2 Å². The Morgan fingerprint density at radius 1 is 1.15 bits per heavy atom. The summed E-state index contributed by atoms with van der Waals surface area (Å²) in [5.41, 5.74) is 9.21. The number of rotatable bonds is 8. The van der Waals surface area contributed by atoms with Gasteiger partial charge in [-0.2, -0.15) is 5.10 Å². The summed E-state index contributed by atoms with van der Waals surface area (Å²) in [6.07, 6.45) is 6.14. The molecule has 3 N–H and O–H groups in total. The first-order chi connectivity index (χ1) is 16.2. The number of benzene rings is 2. The second-order valence-electron chi connectivity index (χ2n) is 8.46. The first kappa shape index (κ1) is 21.3. The second-order valence-corrected chi connectivity index (χ2v) is 8.46. The number of hydrogen-bond donors (Lipinski definition) is 3. The van der Waals surface area contributed by atoms with Crippen LogP contribution in [0.15, 0.2) is 72.1 Å². The van der Waals surface area contributed by atoms with Crippen LogP contribution in [0.3, 0.4) is 0 Å². The van der Waals surface area contributed by atoms with Gasteiger partial charge in [0.25, 0.3) is 0 Å². The average molecular weight is 447 g/mol. The number of nitrogens with one attached hydrogen (secondary N) is 3. The molecular formula is C25H30N6O2. The van der Waals surface area contributed by atoms with Crippen LogP contribution in [0.25, 0.3) is 0 Å². The van der Waals surface area contributed by atoms with Crippen molar-refractivity contribution in [3.05, 3.63) is 78.1 Å². The van der Waals surface area contributed by atoms with Crippen molar-refractivity contribution in [1.82, 2.24) is 26.1 Å². The lowest BCUT2D eigenvalue weighted by Crippen LogP contribution is -2.54. The number of nitrogens with zero attached hydrogens (tertiary/aromatic N) is 3. The van der Waals surface area contributed by atoms with Crippen LogP contribution in [-0.4, -0.2) is 40.5 Å². The van der Waals surface area contributed by atoms with E-state index in [-0.39, 0.29) is 24.2 Å². The number of fused-ring (bicyclic) bond motifs is 3. The number of ether oxygens (including phenoxy) is 1. The van der Waals surface area contributed by atoms with E-state index in [1.165, 1.54) is 5.56 Å². The Kier molecular flexibility index (Phi) is 6.17. The second kappa shape index (κ2) is 9.54. The Morgan fingerprint density at radius 2 is 1.97 bits per heavy atom. The van der Waals surface area contributed by atoms with Crippen LogP contribution < -0.4 is 20.9 Å². The Balaban J connectivity index is 1.11. The summed E-state index contributed by atoms with van der Waals surface area (Å²) in [6, 6.07) is 18.9. The SMILES string of the molecule is CCOc1ccc(CNC(=O)CCC2=NNC3C4CC(c5ccccc5)NN4C=CN23)cc1. The normalized spacial score (nSPS) is 22.9. The van der Waals surface area contributed by atoms with Crippen LogP contribution in [0.4, 0.5) is 0 Å². The van der Waals surface area contributed by atoms with E-state index in [2.05, 4.69) is 61.6 Å². The van der Waals surface area contributed by atoms with Gasteiger partial charge in [-0.1, -0.05) is 42.5 Å². The van der Waals surface area contributed by atoms with Crippen LogP contribution in [0.5, 0.6) is 5.75 Å². The number of carbonyl (C=O) groups is 1. The molecule has 172 valence electrons. The van der Waals surface area contributed by atoms with Gasteiger partial charge in [0, 0.05) is 31.8 Å². The average Bonchev–Trinajstić information content (AvgIpc) is 3.47. The predicted octanol–water partition coefficient (Wildman–Crippen LogP) is 2.83. The molecule has 0 saturated carbocycles. The molecule has 0 bridgehead atoms. The molecule has 0 aliphatic carbocycles. The molecular weight excluding hydrogens is 416 g/mol. The molecule has 1 fully saturated rings. The molecule has 1 saturated heterocycles. The molecule has 0 radical (unpaired) electrons. The minimum atomic E-state index is 0.0179. The summed E-state index contributed by atoms with van der Waals surface area (Å²) in [7, 11) is 0. The highest BCUT2D eigenvalue weighted by atomic mass is 16.5. The van der Waals surface area contributed by atoms with Gasteiger partial charge in [0.15, 0.2) is 0 Å². The molecule has 3 aliphatic rings. The zero-order chi connectivity index (χ0) is 22.6. The third kappa shape index (κ3) is 4.66. The third-order valence-corrected chi connectivity index (χ3v) is 6.32. The van der Waals surface area contributed by atoms with E-state index in [0.717, 1.165) is 23.6 Å². The van der Waals surface area contributed by atoms with E-state index in [4.69, 9.17) is 4.74 Å². The zero-order valence-electron chi connectivity index (χ0n) is 18.8. The summed E-state index contributed by atoms with van der Waals surface area (Å²) < 4.78 is 5.46. The third-order valence-electron chi connectivity index (χ3n) is 6.32. The van der Waals surface area contributed by atoms with Gasteiger partial charge in [-0.25, -0.2) is 5.43 Å². The quantitative estimate of drug-likeness (QED) is 0.579. The van der Waals surface area contributed by atoms with Crippen LogP contribution in [0.1, 0.15) is 43.4 Å². The Morgan fingerprint density at radius 3 is 2.76 bits per heavy atom. The maximum absolute atomic E-state index is 12.4. The Hall–Kier alpha value is -3.52. The van der Waals surface area contributed by atoms with Crippen molar-refractivity contribution in [2.45, 2.75) is 51.0 Å². The highest BCUT2D eigenvalue weighted by molar-refractivity contribution is 5.89. The minimum Gasteiger partial charge on any atom is -0.494 e. The van der Waals surface area contributed by atoms with Crippen molar-refractivity contribution in [3.8, 4) is 5.75 Å². The lowest BCUT2D eigenvalue weighted by Gasteiger charge is -2.37. The van der Waals surface area contributed by atoms with Crippen LogP contribution in [-0.2, 0) is 11.3 Å². The van der Waals surface area contributed by atoms with E-state index in [0.29, 0.717) is 26.0 Å². The number of hydrazine groups is 1. The number of hydrazone groups is 1. The first-order valence-corrected chi connectivity index (χ1v) is 11.6. The fourth-order valence-electron chi connectivity index (χ4n) is 4.60. The van der Waals surface area contributed by atoms with Gasteiger partial charge >= 0.3 is 0 Å². The standard InChI is InChI=1S/C25H30N6O2/c1-2-33-20-10-8-18(9-11-20)17-26-24(32)13-12-23-27-28-25-22-16-21(19-6-4-3-5-7-19)29-31(22)15-14-30(23)25/h3-11,14-15,21-22,25,28-29H,2,12-13,16-17H2,1H3,(H,26,32). The highest BCUT2D eigenvalue weighted by Gasteiger charge is 2.43. The van der Waals surface area contributed by atoms with Gasteiger partial charge < -0.3 is 20.0 Å². The summed E-state index contributed by atoms with van der Waals surface area (Å²) in [5.74, 6) is 1.76. The summed E-state index contributed by atoms with van der Waals surface area (Å²) >= 11 is 0. The number of hydrogen-bond acceptors (Lipinski definition) is 7. The molecule has 3 heterocycles. The minimum absolute atomic E-state index is 0.0179. The van der Waals surface area contributed by atoms with Gasteiger partial charge in [-0.3, -0.25) is 10.2 Å². The van der Waals surface area contributed by atoms with Gasteiger partial charge in [-0.15, -0.1) is 0 Å². The summed E-state index contributed by atoms with van der Waals surface area (Å²) in [5, 5.41) is 9.72. The van der Waals surface area contributed by atoms with Crippen LogP contribution in [0, 0.1) is 0 Å². The predicted molar refractivity (Wildman–Crippen MR) is 127 cm³/mol. The Labute approximate surface area is 194 Å². The molecule has 2 aromatic rings. The monoisotopic (exact) mass is 446 g/mol. The Bertz CT molecular complexity index is 1020. The molecule has 3 unspecified atom stereocenters. The van der Waals surface area contributed by atoms with Crippen molar-refractivity contribution < 1.29 is 9.53 Å². The van der Waals surface area contributed by atoms with E-state index >= 15 is 0 Å². The van der Waals surface area contributed by atoms with Crippen molar-refractivity contribution in [1.29, 1.82) is 0 Å². The number of carbonyl (C=O) groups excluding carboxylic acids is 1. The molecule has 3 aliphatic heterocycles. The molecule has 3 atom stereocenters. The maximum atomic E-state index is 12.4. The molecule has 8 heteroatoms. The van der Waals surface area contributed by atoms with Gasteiger partial charge in [-0.05, 0) is 36.6 Å². The van der Waals surface area contributed by atoms with Crippen LogP contribution >= 0.6 is 0 Å². The van der Waals surface area contributed by atoms with Gasteiger partial charge in [0.1, 0.15) is 17.8 Å². The molecule has 0 spiro atoms. The molecule has 1 amide bonds. The largest absolute Gasteiger partial charge is 0.494 e. The maximum Gasteiger partial charge on any atom is 0.220 e. The summed E-state index contributed by atoms with van der Waals surface area (Å²) in [6.45, 7) is 3.11. The van der Waals surface area contributed by atoms with Crippen molar-refractivity contribution in [3.63, 3.8) is 0 Å². The van der Waals surface area contributed by atoms with E-state index < -0.39 is 0 Å². The molecule has 2 aromatic carbocycles. The smallest absolute Gasteiger partial charge is 0.220 e. The fraction of sp³-hybridized carbons (Fsp3) is 0.360. The van der Waals surface area contributed by atoms with Crippen molar-refractivity contribution in [2.75, 3.05) is 6.61 Å². The van der Waals surface area contributed by atoms with Gasteiger partial charge in [0.2, 0.25) is 5.91 Å². The van der Waals surface area contributed by atoms with E-state index in [1.54, 1.807) is 0 Å². The van der Waals surface area contributed by atoms with Gasteiger partial charge in [0.05, 0.1) is 18.7 Å². The van der Waals surface area contributed by atoms with E-state index in [9.17, 15) is 4.79 Å². The molecule has 5 rings (SSSR count). The van der Waals surface area contributed by atoms with Crippen molar-refractivity contribution >= 4 is 11.7 Å². The zero-order valence-corrected chi connectivity index (χ0v) is 18.8. The van der Waals surface area contributed by atoms with Crippen molar-refractivity contribution in [2.24, 2.45) is 5.10 Å². The number of amidine groups is 1. The van der Waals surface area contributed by atoms with E-state index in [1.807, 2.05) is 43.5 Å². The first-order valence-electron chi connectivity index (χ1n) is 11.6. The fourth-order valence-corrected chi connectivity index (χ4v) is 4.60. The lowest BCUT2D eigenvalue weighted by molar-refractivity contribution is -0.121. The number of amides is 1. The molecule has 8 nitrogen and oxygen atoms in total. The highest BCUT2D eigenvalue weighted by Crippen LogP contribution is 2.34. The molecule has 33 heavy (non-hydrogen) atoms. The van der Waals surface area contributed by atoms with Crippen LogP contribution in [0.2, 0.25) is 0 Å².